The van der Waals surface area contributed by atoms with Gasteiger partial charge in [0.15, 0.2) is 0 Å². The van der Waals surface area contributed by atoms with E-state index in [1.165, 1.54) is 4.90 Å². The molecule has 0 N–H and O–H groups in total. The molecule has 36 heavy (non-hydrogen) atoms. The Hall–Kier alpha value is -3.37. The second-order valence-corrected chi connectivity index (χ2v) is 9.60. The maximum absolute atomic E-state index is 13.1. The van der Waals surface area contributed by atoms with Crippen LogP contribution >= 0.6 is 11.8 Å². The quantitative estimate of drug-likeness (QED) is 0.509. The smallest absolute Gasteiger partial charge is 0.289 e. The van der Waals surface area contributed by atoms with Crippen LogP contribution in [0.2, 0.25) is 0 Å². The lowest BCUT2D eigenvalue weighted by atomic mass is 10.1. The number of carbonyl (C=O) groups is 4. The molecule has 10 heteroatoms. The van der Waals surface area contributed by atoms with Crippen LogP contribution in [0, 0.1) is 0 Å². The van der Waals surface area contributed by atoms with Gasteiger partial charge in [-0.2, -0.15) is 0 Å². The summed E-state index contributed by atoms with van der Waals surface area (Å²) in [5.74, 6) is -0.293. The van der Waals surface area contributed by atoms with Crippen LogP contribution in [0.15, 0.2) is 54.6 Å². The standard InChI is InChI=1S/C26H29N3O6S/c1-34-21-9-5-8-20(12-21)17-35-22-13-27(11-10-19-6-3-2-4-7-19)23(30)15-28(14-22)24(31)16-29-25(32)18-36-26(29)33/h2-9,12,22H,10-11,13-18H2,1H3/t22-/m0/s1. The molecular weight excluding hydrogens is 482 g/mol. The number of ether oxygens (including phenoxy) is 2. The summed E-state index contributed by atoms with van der Waals surface area (Å²) in [5, 5.41) is -0.440. The maximum Gasteiger partial charge on any atom is 0.289 e. The second kappa shape index (κ2) is 12.0. The molecular formula is C26H29N3O6S. The number of thioether (sulfide) groups is 1. The fraction of sp³-hybridized carbons (Fsp3) is 0.385. The molecule has 0 radical (unpaired) electrons. The molecule has 1 atom stereocenters. The Labute approximate surface area is 214 Å². The molecule has 9 nitrogen and oxygen atoms in total. The Bertz CT molecular complexity index is 1100. The van der Waals surface area contributed by atoms with Gasteiger partial charge < -0.3 is 19.3 Å². The van der Waals surface area contributed by atoms with Gasteiger partial charge in [-0.3, -0.25) is 24.1 Å². The Kier molecular flexibility index (Phi) is 8.61. The maximum atomic E-state index is 13.1. The minimum absolute atomic E-state index is 0.0323. The number of hydrogen-bond acceptors (Lipinski definition) is 7. The summed E-state index contributed by atoms with van der Waals surface area (Å²) in [7, 11) is 1.60. The van der Waals surface area contributed by atoms with Crippen LogP contribution < -0.4 is 4.74 Å². The zero-order valence-electron chi connectivity index (χ0n) is 20.1. The molecule has 0 aliphatic carbocycles. The normalized spacial score (nSPS) is 18.5. The third-order valence-corrected chi connectivity index (χ3v) is 7.01. The van der Waals surface area contributed by atoms with Gasteiger partial charge in [0.25, 0.3) is 5.24 Å². The highest BCUT2D eigenvalue weighted by Gasteiger charge is 2.35. The molecule has 2 aromatic rings. The lowest BCUT2D eigenvalue weighted by Gasteiger charge is -2.25. The molecule has 190 valence electrons. The third kappa shape index (κ3) is 6.64. The minimum Gasteiger partial charge on any atom is -0.497 e. The number of rotatable bonds is 9. The highest BCUT2D eigenvalue weighted by atomic mass is 32.2. The van der Waals surface area contributed by atoms with Gasteiger partial charge in [-0.25, -0.2) is 0 Å². The van der Waals surface area contributed by atoms with E-state index in [0.29, 0.717) is 25.3 Å². The van der Waals surface area contributed by atoms with Gasteiger partial charge in [-0.15, -0.1) is 0 Å². The van der Waals surface area contributed by atoms with Gasteiger partial charge in [-0.05, 0) is 29.7 Å². The van der Waals surface area contributed by atoms with Gasteiger partial charge in [0, 0.05) is 19.6 Å². The molecule has 0 unspecified atom stereocenters. The lowest BCUT2D eigenvalue weighted by Crippen LogP contribution is -2.46. The molecule has 0 aromatic heterocycles. The number of carbonyl (C=O) groups excluding carboxylic acids is 4. The monoisotopic (exact) mass is 511 g/mol. The van der Waals surface area contributed by atoms with Crippen molar-refractivity contribution in [1.82, 2.24) is 14.7 Å². The van der Waals surface area contributed by atoms with E-state index in [-0.39, 0.29) is 37.9 Å². The molecule has 0 spiro atoms. The van der Waals surface area contributed by atoms with Crippen LogP contribution in [0.5, 0.6) is 5.75 Å². The van der Waals surface area contributed by atoms with Gasteiger partial charge in [0.1, 0.15) is 12.3 Å². The highest BCUT2D eigenvalue weighted by molar-refractivity contribution is 8.14. The summed E-state index contributed by atoms with van der Waals surface area (Å²) in [6, 6.07) is 17.4. The van der Waals surface area contributed by atoms with Crippen molar-refractivity contribution in [3.05, 3.63) is 65.7 Å². The zero-order chi connectivity index (χ0) is 25.5. The van der Waals surface area contributed by atoms with Gasteiger partial charge >= 0.3 is 0 Å². The first-order valence-electron chi connectivity index (χ1n) is 11.7. The lowest BCUT2D eigenvalue weighted by molar-refractivity contribution is -0.140. The number of amides is 4. The van der Waals surface area contributed by atoms with Crippen molar-refractivity contribution < 1.29 is 28.7 Å². The van der Waals surface area contributed by atoms with Crippen LogP contribution in [0.4, 0.5) is 4.79 Å². The minimum atomic E-state index is -0.451. The summed E-state index contributed by atoms with van der Waals surface area (Å²) >= 11 is 0.878. The van der Waals surface area contributed by atoms with Crippen molar-refractivity contribution >= 4 is 34.7 Å². The second-order valence-electron chi connectivity index (χ2n) is 8.67. The fourth-order valence-corrected chi connectivity index (χ4v) is 4.87. The topological polar surface area (TPSA) is 96.5 Å². The molecule has 0 bridgehead atoms. The molecule has 0 saturated carbocycles. The summed E-state index contributed by atoms with van der Waals surface area (Å²) < 4.78 is 11.5. The van der Waals surface area contributed by atoms with Crippen molar-refractivity contribution in [3.63, 3.8) is 0 Å². The largest absolute Gasteiger partial charge is 0.497 e. The molecule has 2 aliphatic heterocycles. The van der Waals surface area contributed by atoms with Crippen molar-refractivity contribution in [2.24, 2.45) is 0 Å². The predicted octanol–water partition coefficient (Wildman–Crippen LogP) is 2.19. The number of methoxy groups -OCH3 is 1. The van der Waals surface area contributed by atoms with Gasteiger partial charge in [0.2, 0.25) is 17.7 Å². The van der Waals surface area contributed by atoms with Crippen molar-refractivity contribution in [3.8, 4) is 5.75 Å². The number of hydrogen-bond donors (Lipinski definition) is 0. The van der Waals surface area contributed by atoms with Crippen molar-refractivity contribution in [2.45, 2.75) is 19.1 Å². The Morgan fingerprint density at radius 2 is 1.78 bits per heavy atom. The van der Waals surface area contributed by atoms with E-state index in [9.17, 15) is 19.2 Å². The first-order valence-corrected chi connectivity index (χ1v) is 12.7. The van der Waals surface area contributed by atoms with E-state index < -0.39 is 23.2 Å². The molecule has 2 fully saturated rings. The number of benzene rings is 2. The Balaban J connectivity index is 1.46. The number of imide groups is 1. The van der Waals surface area contributed by atoms with E-state index in [1.54, 1.807) is 12.0 Å². The molecule has 2 saturated heterocycles. The highest BCUT2D eigenvalue weighted by Crippen LogP contribution is 2.20. The molecule has 2 aromatic carbocycles. The molecule has 4 amide bonds. The first-order chi connectivity index (χ1) is 17.4. The average Bonchev–Trinajstić information content (AvgIpc) is 3.11. The van der Waals surface area contributed by atoms with E-state index in [1.807, 2.05) is 54.6 Å². The van der Waals surface area contributed by atoms with Crippen LogP contribution in [0.1, 0.15) is 11.1 Å². The number of nitrogens with zero attached hydrogens (tertiary/aromatic N) is 3. The third-order valence-electron chi connectivity index (χ3n) is 6.15. The Morgan fingerprint density at radius 3 is 2.50 bits per heavy atom. The van der Waals surface area contributed by atoms with Crippen LogP contribution in [0.25, 0.3) is 0 Å². The summed E-state index contributed by atoms with van der Waals surface area (Å²) in [5.41, 5.74) is 2.02. The summed E-state index contributed by atoms with van der Waals surface area (Å²) in [6.07, 6.45) is 0.235. The first kappa shape index (κ1) is 25.7. The van der Waals surface area contributed by atoms with E-state index >= 15 is 0 Å². The van der Waals surface area contributed by atoms with Crippen LogP contribution in [0.3, 0.4) is 0 Å². The van der Waals surface area contributed by atoms with E-state index in [0.717, 1.165) is 27.8 Å². The van der Waals surface area contributed by atoms with Crippen molar-refractivity contribution in [2.75, 3.05) is 45.6 Å². The van der Waals surface area contributed by atoms with Gasteiger partial charge in [-0.1, -0.05) is 54.2 Å². The van der Waals surface area contributed by atoms with Crippen molar-refractivity contribution in [1.29, 1.82) is 0 Å². The molecule has 2 aliphatic rings. The Morgan fingerprint density at radius 1 is 1.00 bits per heavy atom. The predicted molar refractivity (Wildman–Crippen MR) is 134 cm³/mol. The zero-order valence-corrected chi connectivity index (χ0v) is 20.9. The SMILES string of the molecule is COc1cccc(CO[C@H]2CN(CCc3ccccc3)C(=O)CN(C(=O)CN3C(=O)CSC3=O)C2)c1. The van der Waals surface area contributed by atoms with E-state index in [4.69, 9.17) is 9.47 Å². The van der Waals surface area contributed by atoms with Crippen LogP contribution in [-0.4, -0.2) is 89.4 Å². The summed E-state index contributed by atoms with van der Waals surface area (Å²) in [6.45, 7) is 0.783. The average molecular weight is 512 g/mol. The molecule has 2 heterocycles. The van der Waals surface area contributed by atoms with Gasteiger partial charge in [0.05, 0.1) is 32.1 Å². The van der Waals surface area contributed by atoms with E-state index in [2.05, 4.69) is 0 Å². The summed E-state index contributed by atoms with van der Waals surface area (Å²) in [4.78, 5) is 54.2. The van der Waals surface area contributed by atoms with Crippen LogP contribution in [-0.2, 0) is 32.1 Å². The fourth-order valence-electron chi connectivity index (χ4n) is 4.14. The molecule has 4 rings (SSSR count).